The normalized spacial score (nSPS) is 28.6. The second kappa shape index (κ2) is 7.04. The lowest BCUT2D eigenvalue weighted by atomic mass is 9.82. The van der Waals surface area contributed by atoms with Gasteiger partial charge in [0, 0.05) is 6.54 Å². The van der Waals surface area contributed by atoms with Gasteiger partial charge in [-0.2, -0.15) is 0 Å². The van der Waals surface area contributed by atoms with Crippen LogP contribution < -0.4 is 5.32 Å². The lowest BCUT2D eigenvalue weighted by Crippen LogP contribution is -2.65. The molecule has 2 rings (SSSR count). The molecule has 1 saturated heterocycles. The quantitative estimate of drug-likeness (QED) is 0.840. The van der Waals surface area contributed by atoms with E-state index >= 15 is 0 Å². The van der Waals surface area contributed by atoms with Crippen molar-refractivity contribution < 1.29 is 14.0 Å². The summed E-state index contributed by atoms with van der Waals surface area (Å²) in [6.07, 6.45) is 6.38. The summed E-state index contributed by atoms with van der Waals surface area (Å²) in [5, 5.41) is 2.92. The number of amides is 2. The summed E-state index contributed by atoms with van der Waals surface area (Å²) in [6, 6.07) is -0.806. The third-order valence-electron chi connectivity index (χ3n) is 4.57. The summed E-state index contributed by atoms with van der Waals surface area (Å²) in [7, 11) is 0. The Morgan fingerprint density at radius 3 is 2.55 bits per heavy atom. The highest BCUT2D eigenvalue weighted by Crippen LogP contribution is 2.29. The first-order chi connectivity index (χ1) is 9.69. The predicted molar refractivity (Wildman–Crippen MR) is 74.9 cm³/mol. The maximum absolute atomic E-state index is 12.6. The van der Waals surface area contributed by atoms with Crippen LogP contribution in [0.1, 0.15) is 51.9 Å². The lowest BCUT2D eigenvalue weighted by molar-refractivity contribution is -0.151. The van der Waals surface area contributed by atoms with E-state index in [-0.39, 0.29) is 23.8 Å². The number of rotatable bonds is 5. The molecule has 0 bridgehead atoms. The molecule has 2 fully saturated rings. The molecule has 1 saturated carbocycles. The van der Waals surface area contributed by atoms with Crippen molar-refractivity contribution in [3.63, 3.8) is 0 Å². The molecule has 2 unspecified atom stereocenters. The molecular weight excluding hydrogens is 259 g/mol. The average molecular weight is 284 g/mol. The van der Waals surface area contributed by atoms with Crippen LogP contribution in [0.3, 0.4) is 0 Å². The molecule has 20 heavy (non-hydrogen) atoms. The average Bonchev–Trinajstić information content (AvgIpc) is 2.48. The fourth-order valence-corrected chi connectivity index (χ4v) is 3.47. The van der Waals surface area contributed by atoms with E-state index in [1.807, 2.05) is 6.92 Å². The largest absolute Gasteiger partial charge is 0.342 e. The summed E-state index contributed by atoms with van der Waals surface area (Å²) in [5.41, 5.74) is 0. The monoisotopic (exact) mass is 284 g/mol. The Hall–Kier alpha value is -1.13. The van der Waals surface area contributed by atoms with E-state index in [0.29, 0.717) is 19.4 Å². The van der Waals surface area contributed by atoms with Crippen molar-refractivity contribution in [3.8, 4) is 0 Å². The van der Waals surface area contributed by atoms with E-state index in [1.165, 1.54) is 6.42 Å². The third-order valence-corrected chi connectivity index (χ3v) is 4.57. The Balaban J connectivity index is 2.10. The molecule has 0 aromatic rings. The van der Waals surface area contributed by atoms with E-state index < -0.39 is 12.7 Å². The van der Waals surface area contributed by atoms with Gasteiger partial charge >= 0.3 is 0 Å². The van der Waals surface area contributed by atoms with E-state index in [1.54, 1.807) is 4.90 Å². The van der Waals surface area contributed by atoms with Crippen LogP contribution in [0.5, 0.6) is 0 Å². The molecule has 114 valence electrons. The van der Waals surface area contributed by atoms with Crippen molar-refractivity contribution in [1.82, 2.24) is 10.2 Å². The number of carbonyl (C=O) groups excluding carboxylic acids is 2. The summed E-state index contributed by atoms with van der Waals surface area (Å²) in [5.74, 6) is 0.184. The fraction of sp³-hybridized carbons (Fsp3) is 0.867. The smallest absolute Gasteiger partial charge is 0.246 e. The molecule has 2 aliphatic rings. The fourth-order valence-electron chi connectivity index (χ4n) is 3.47. The zero-order valence-corrected chi connectivity index (χ0v) is 12.2. The summed E-state index contributed by atoms with van der Waals surface area (Å²) in [4.78, 5) is 26.4. The van der Waals surface area contributed by atoms with Gasteiger partial charge in [0.15, 0.2) is 0 Å². The van der Waals surface area contributed by atoms with Crippen LogP contribution >= 0.6 is 0 Å². The van der Waals surface area contributed by atoms with E-state index in [2.05, 4.69) is 5.32 Å². The minimum atomic E-state index is -0.448. The zero-order chi connectivity index (χ0) is 14.5. The number of halogens is 1. The summed E-state index contributed by atoms with van der Waals surface area (Å²) >= 11 is 0. The Bertz CT molecular complexity index is 352. The first-order valence-electron chi connectivity index (χ1n) is 7.85. The highest BCUT2D eigenvalue weighted by Gasteiger charge is 2.42. The second-order valence-corrected chi connectivity index (χ2v) is 5.88. The van der Waals surface area contributed by atoms with Gasteiger partial charge < -0.3 is 10.2 Å². The van der Waals surface area contributed by atoms with Crippen molar-refractivity contribution in [2.75, 3.05) is 13.2 Å². The standard InChI is InChI=1S/C15H25FN2O2/c1-2-12-14(19)17-13(11-7-4-3-5-8-11)15(20)18(12)10-6-9-16/h11-13H,2-10H2,1H3,(H,17,19). The molecule has 5 heteroatoms. The maximum Gasteiger partial charge on any atom is 0.246 e. The third kappa shape index (κ3) is 3.13. The van der Waals surface area contributed by atoms with Crippen molar-refractivity contribution in [1.29, 1.82) is 0 Å². The van der Waals surface area contributed by atoms with E-state index in [9.17, 15) is 14.0 Å². The number of hydrogen-bond acceptors (Lipinski definition) is 2. The molecular formula is C15H25FN2O2. The molecule has 0 aromatic carbocycles. The first kappa shape index (κ1) is 15.3. The Kier molecular flexibility index (Phi) is 5.38. The molecule has 0 radical (unpaired) electrons. The molecule has 0 aromatic heterocycles. The van der Waals surface area contributed by atoms with Gasteiger partial charge in [-0.3, -0.25) is 14.0 Å². The highest BCUT2D eigenvalue weighted by molar-refractivity contribution is 5.97. The molecule has 0 spiro atoms. The van der Waals surface area contributed by atoms with Crippen LogP contribution in [0.25, 0.3) is 0 Å². The number of hydrogen-bond donors (Lipinski definition) is 1. The first-order valence-corrected chi connectivity index (χ1v) is 7.85. The number of carbonyl (C=O) groups is 2. The van der Waals surface area contributed by atoms with E-state index in [0.717, 1.165) is 25.7 Å². The predicted octanol–water partition coefficient (Wildman–Crippen LogP) is 2.03. The number of nitrogens with zero attached hydrogens (tertiary/aromatic N) is 1. The number of alkyl halides is 1. The molecule has 2 amide bonds. The minimum Gasteiger partial charge on any atom is -0.342 e. The van der Waals surface area contributed by atoms with Crippen LogP contribution in [-0.4, -0.2) is 42.0 Å². The van der Waals surface area contributed by atoms with Gasteiger partial charge in [0.25, 0.3) is 0 Å². The van der Waals surface area contributed by atoms with Gasteiger partial charge in [0.05, 0.1) is 6.67 Å². The van der Waals surface area contributed by atoms with Gasteiger partial charge in [-0.05, 0) is 31.6 Å². The topological polar surface area (TPSA) is 49.4 Å². The van der Waals surface area contributed by atoms with Gasteiger partial charge in [0.1, 0.15) is 12.1 Å². The SMILES string of the molecule is CCC1C(=O)NC(C2CCCCC2)C(=O)N1CCCF. The van der Waals surface area contributed by atoms with Gasteiger partial charge in [-0.15, -0.1) is 0 Å². The molecule has 1 aliphatic heterocycles. The molecule has 1 N–H and O–H groups in total. The molecule has 4 nitrogen and oxygen atoms in total. The molecule has 1 aliphatic carbocycles. The van der Waals surface area contributed by atoms with Crippen LogP contribution in [0.2, 0.25) is 0 Å². The maximum atomic E-state index is 12.6. The number of piperazine rings is 1. The Labute approximate surface area is 120 Å². The Morgan fingerprint density at radius 1 is 1.25 bits per heavy atom. The summed E-state index contributed by atoms with van der Waals surface area (Å²) < 4.78 is 12.4. The van der Waals surface area contributed by atoms with Gasteiger partial charge in [-0.1, -0.05) is 26.2 Å². The van der Waals surface area contributed by atoms with Crippen molar-refractivity contribution in [2.24, 2.45) is 5.92 Å². The van der Waals surface area contributed by atoms with Crippen molar-refractivity contribution in [3.05, 3.63) is 0 Å². The highest BCUT2D eigenvalue weighted by atomic mass is 19.1. The van der Waals surface area contributed by atoms with Crippen LogP contribution in [0, 0.1) is 5.92 Å². The van der Waals surface area contributed by atoms with Gasteiger partial charge in [0.2, 0.25) is 11.8 Å². The molecule has 1 heterocycles. The van der Waals surface area contributed by atoms with Crippen LogP contribution in [0.15, 0.2) is 0 Å². The van der Waals surface area contributed by atoms with Crippen molar-refractivity contribution in [2.45, 2.75) is 64.0 Å². The van der Waals surface area contributed by atoms with Crippen molar-refractivity contribution >= 4 is 11.8 Å². The number of nitrogens with one attached hydrogen (secondary N) is 1. The second-order valence-electron chi connectivity index (χ2n) is 5.88. The Morgan fingerprint density at radius 2 is 1.95 bits per heavy atom. The lowest BCUT2D eigenvalue weighted by Gasteiger charge is -2.42. The van der Waals surface area contributed by atoms with Gasteiger partial charge in [-0.25, -0.2) is 0 Å². The minimum absolute atomic E-state index is 0.00296. The molecule has 2 atom stereocenters. The van der Waals surface area contributed by atoms with E-state index in [4.69, 9.17) is 0 Å². The zero-order valence-electron chi connectivity index (χ0n) is 12.2. The summed E-state index contributed by atoms with van der Waals surface area (Å²) in [6.45, 7) is 1.79. The van der Waals surface area contributed by atoms with Crippen LogP contribution in [0.4, 0.5) is 4.39 Å². The van der Waals surface area contributed by atoms with Crippen LogP contribution in [-0.2, 0) is 9.59 Å².